The summed E-state index contributed by atoms with van der Waals surface area (Å²) in [5, 5.41) is 0. The van der Waals surface area contributed by atoms with Gasteiger partial charge in [0.1, 0.15) is 5.82 Å². The maximum absolute atomic E-state index is 13.2. The van der Waals surface area contributed by atoms with Gasteiger partial charge >= 0.3 is 0 Å². The van der Waals surface area contributed by atoms with E-state index in [0.29, 0.717) is 41.3 Å². The van der Waals surface area contributed by atoms with Crippen LogP contribution in [-0.2, 0) is 6.42 Å². The first-order chi connectivity index (χ1) is 10.8. The van der Waals surface area contributed by atoms with E-state index in [2.05, 4.69) is 9.97 Å². The van der Waals surface area contributed by atoms with Crippen LogP contribution >= 0.6 is 0 Å². The quantitative estimate of drug-likeness (QED) is 0.691. The lowest BCUT2D eigenvalue weighted by Crippen LogP contribution is -2.24. The Hall–Kier alpha value is -2.76. The molecule has 1 aliphatic heterocycles. The molecule has 2 aromatic heterocycles. The molecule has 4 rings (SSSR count). The maximum atomic E-state index is 13.2. The Morgan fingerprint density at radius 2 is 1.91 bits per heavy atom. The van der Waals surface area contributed by atoms with Crippen LogP contribution in [0.5, 0.6) is 5.88 Å². The molecule has 3 heterocycles. The lowest BCUT2D eigenvalue weighted by molar-refractivity contribution is 0.269. The zero-order chi connectivity index (χ0) is 15.1. The minimum Gasteiger partial charge on any atom is -0.478 e. The van der Waals surface area contributed by atoms with Crippen LogP contribution in [-0.4, -0.2) is 21.1 Å². The number of ether oxygens (including phenoxy) is 1. The summed E-state index contributed by atoms with van der Waals surface area (Å²) in [4.78, 5) is 21.0. The summed E-state index contributed by atoms with van der Waals surface area (Å²) in [6, 6.07) is 5.99. The molecule has 5 nitrogen and oxygen atoms in total. The van der Waals surface area contributed by atoms with E-state index in [1.54, 1.807) is 16.7 Å². The molecule has 110 valence electrons. The second-order valence-electron chi connectivity index (χ2n) is 5.11. The van der Waals surface area contributed by atoms with Gasteiger partial charge in [-0.3, -0.25) is 9.36 Å². The molecule has 0 amide bonds. The molecule has 0 N–H and O–H groups in total. The average Bonchev–Trinajstić information content (AvgIpc) is 2.57. The van der Waals surface area contributed by atoms with Crippen molar-refractivity contribution in [1.82, 2.24) is 14.5 Å². The molecule has 1 aromatic carbocycles. The fraction of sp³-hybridized carbons (Fsp3) is 0.188. The second kappa shape index (κ2) is 4.91. The van der Waals surface area contributed by atoms with E-state index >= 15 is 0 Å². The van der Waals surface area contributed by atoms with Crippen molar-refractivity contribution in [2.24, 2.45) is 0 Å². The van der Waals surface area contributed by atoms with Gasteiger partial charge in [0.2, 0.25) is 11.3 Å². The summed E-state index contributed by atoms with van der Waals surface area (Å²) in [6.45, 7) is 0.541. The molecule has 0 spiro atoms. The second-order valence-corrected chi connectivity index (χ2v) is 5.11. The van der Waals surface area contributed by atoms with Gasteiger partial charge in [-0.2, -0.15) is 0 Å². The zero-order valence-corrected chi connectivity index (χ0v) is 11.6. The first-order valence-electron chi connectivity index (χ1n) is 7.03. The van der Waals surface area contributed by atoms with Gasteiger partial charge in [0, 0.05) is 12.4 Å². The van der Waals surface area contributed by atoms with Crippen molar-refractivity contribution >= 4 is 11.2 Å². The molecule has 0 saturated carbocycles. The van der Waals surface area contributed by atoms with Crippen LogP contribution in [0.3, 0.4) is 0 Å². The van der Waals surface area contributed by atoms with Crippen LogP contribution in [0.2, 0.25) is 0 Å². The number of rotatable bonds is 1. The molecule has 1 aliphatic rings. The molecule has 0 aliphatic carbocycles. The van der Waals surface area contributed by atoms with Crippen molar-refractivity contribution in [3.63, 3.8) is 0 Å². The Bertz CT molecular complexity index is 919. The van der Waals surface area contributed by atoms with Gasteiger partial charge in [-0.25, -0.2) is 14.4 Å². The van der Waals surface area contributed by atoms with Gasteiger partial charge < -0.3 is 4.74 Å². The smallest absolute Gasteiger partial charge is 0.216 e. The highest BCUT2D eigenvalue weighted by molar-refractivity contribution is 5.75. The van der Waals surface area contributed by atoms with E-state index < -0.39 is 0 Å². The fourth-order valence-corrected chi connectivity index (χ4v) is 2.75. The molecule has 3 aromatic rings. The number of halogens is 1. The summed E-state index contributed by atoms with van der Waals surface area (Å²) in [5.74, 6) is 0.158. The van der Waals surface area contributed by atoms with Crippen molar-refractivity contribution in [2.45, 2.75) is 12.8 Å². The van der Waals surface area contributed by atoms with Gasteiger partial charge in [0.15, 0.2) is 11.2 Å². The van der Waals surface area contributed by atoms with Crippen molar-refractivity contribution in [3.8, 4) is 11.6 Å². The lowest BCUT2D eigenvalue weighted by Gasteiger charge is -2.22. The molecular formula is C16H12FN3O2. The summed E-state index contributed by atoms with van der Waals surface area (Å²) in [7, 11) is 0. The SMILES string of the molecule is O=c1c2c(n(-c3ccc(F)cc3)c3nccnc13)OCCC2. The number of hydrogen-bond acceptors (Lipinski definition) is 4. The first kappa shape index (κ1) is 12.9. The number of hydrogen-bond donors (Lipinski definition) is 0. The number of aromatic nitrogens is 3. The van der Waals surface area contributed by atoms with E-state index in [1.807, 2.05) is 0 Å². The Morgan fingerprint density at radius 1 is 1.14 bits per heavy atom. The van der Waals surface area contributed by atoms with E-state index in [1.165, 1.54) is 24.5 Å². The third-order valence-corrected chi connectivity index (χ3v) is 3.74. The molecule has 6 heteroatoms. The molecule has 0 unspecified atom stereocenters. The van der Waals surface area contributed by atoms with Crippen molar-refractivity contribution in [2.75, 3.05) is 6.61 Å². The lowest BCUT2D eigenvalue weighted by atomic mass is 10.1. The van der Waals surface area contributed by atoms with Crippen LogP contribution in [0.4, 0.5) is 4.39 Å². The average molecular weight is 297 g/mol. The normalized spacial score (nSPS) is 13.7. The van der Waals surface area contributed by atoms with Gasteiger partial charge in [-0.1, -0.05) is 0 Å². The van der Waals surface area contributed by atoms with Crippen LogP contribution in [0, 0.1) is 5.82 Å². The Labute approximate surface area is 125 Å². The summed E-state index contributed by atoms with van der Waals surface area (Å²) in [5.41, 5.74) is 1.86. The minimum atomic E-state index is -0.324. The molecule has 0 fully saturated rings. The molecule has 0 radical (unpaired) electrons. The monoisotopic (exact) mass is 297 g/mol. The summed E-state index contributed by atoms with van der Waals surface area (Å²) < 4.78 is 20.7. The largest absolute Gasteiger partial charge is 0.478 e. The number of fused-ring (bicyclic) bond motifs is 2. The molecule has 0 saturated heterocycles. The van der Waals surface area contributed by atoms with E-state index in [9.17, 15) is 9.18 Å². The highest BCUT2D eigenvalue weighted by atomic mass is 19.1. The van der Waals surface area contributed by atoms with E-state index in [4.69, 9.17) is 4.74 Å². The van der Waals surface area contributed by atoms with Crippen molar-refractivity contribution in [1.29, 1.82) is 0 Å². The van der Waals surface area contributed by atoms with Gasteiger partial charge in [-0.05, 0) is 37.1 Å². The zero-order valence-electron chi connectivity index (χ0n) is 11.6. The van der Waals surface area contributed by atoms with E-state index in [-0.39, 0.29) is 11.2 Å². The number of benzene rings is 1. The van der Waals surface area contributed by atoms with E-state index in [0.717, 1.165) is 6.42 Å². The number of nitrogens with zero attached hydrogens (tertiary/aromatic N) is 3. The Balaban J connectivity index is 2.14. The minimum absolute atomic E-state index is 0.142. The predicted molar refractivity (Wildman–Crippen MR) is 78.9 cm³/mol. The van der Waals surface area contributed by atoms with Crippen LogP contribution in [0.15, 0.2) is 41.5 Å². The molecule has 0 bridgehead atoms. The highest BCUT2D eigenvalue weighted by Crippen LogP contribution is 2.28. The standard InChI is InChI=1S/C16H12FN3O2/c17-10-3-5-11(6-4-10)20-15-13(18-7-8-19-15)14(21)12-2-1-9-22-16(12)20/h3-8H,1-2,9H2. The number of pyridine rings is 1. The predicted octanol–water partition coefficient (Wildman–Crippen LogP) is 2.24. The Morgan fingerprint density at radius 3 is 2.73 bits per heavy atom. The summed E-state index contributed by atoms with van der Waals surface area (Å²) in [6.07, 6.45) is 4.45. The van der Waals surface area contributed by atoms with Gasteiger partial charge in [0.25, 0.3) is 0 Å². The van der Waals surface area contributed by atoms with Gasteiger partial charge in [-0.15, -0.1) is 0 Å². The summed E-state index contributed by atoms with van der Waals surface area (Å²) >= 11 is 0. The third-order valence-electron chi connectivity index (χ3n) is 3.74. The Kier molecular flexibility index (Phi) is 2.89. The molecule has 22 heavy (non-hydrogen) atoms. The topological polar surface area (TPSA) is 57.0 Å². The van der Waals surface area contributed by atoms with Crippen LogP contribution in [0.1, 0.15) is 12.0 Å². The van der Waals surface area contributed by atoms with Crippen LogP contribution in [0.25, 0.3) is 16.9 Å². The molecular weight excluding hydrogens is 285 g/mol. The molecule has 0 atom stereocenters. The highest BCUT2D eigenvalue weighted by Gasteiger charge is 2.23. The third kappa shape index (κ3) is 1.88. The fourth-order valence-electron chi connectivity index (χ4n) is 2.75. The first-order valence-corrected chi connectivity index (χ1v) is 7.03. The maximum Gasteiger partial charge on any atom is 0.216 e. The van der Waals surface area contributed by atoms with Crippen molar-refractivity contribution in [3.05, 3.63) is 58.3 Å². The van der Waals surface area contributed by atoms with Crippen LogP contribution < -0.4 is 10.2 Å². The van der Waals surface area contributed by atoms with Gasteiger partial charge in [0.05, 0.1) is 17.9 Å². The van der Waals surface area contributed by atoms with Crippen molar-refractivity contribution < 1.29 is 9.13 Å².